The zero-order valence-electron chi connectivity index (χ0n) is 15.8. The lowest BCUT2D eigenvalue weighted by Crippen LogP contribution is -2.33. The summed E-state index contributed by atoms with van der Waals surface area (Å²) in [6, 6.07) is 8.11. The first kappa shape index (κ1) is 20.6. The van der Waals surface area contributed by atoms with E-state index in [0.29, 0.717) is 6.42 Å². The highest BCUT2D eigenvalue weighted by molar-refractivity contribution is 6.21. The molecule has 0 bridgehead atoms. The molecule has 3 rings (SSSR count). The van der Waals surface area contributed by atoms with Crippen molar-refractivity contribution in [3.63, 3.8) is 0 Å². The summed E-state index contributed by atoms with van der Waals surface area (Å²) in [7, 11) is 0. The van der Waals surface area contributed by atoms with Crippen molar-refractivity contribution < 1.29 is 20.1 Å². The number of hydrogen-bond acceptors (Lipinski definition) is 3. The van der Waals surface area contributed by atoms with Gasteiger partial charge >= 0.3 is 5.97 Å². The predicted octanol–water partition coefficient (Wildman–Crippen LogP) is 4.56. The third kappa shape index (κ3) is 4.85. The van der Waals surface area contributed by atoms with Gasteiger partial charge in [0.15, 0.2) is 0 Å². The van der Waals surface area contributed by atoms with Crippen LogP contribution in [0.2, 0.25) is 0 Å². The Kier molecular flexibility index (Phi) is 6.83. The monoisotopic (exact) mass is 394 g/mol. The summed E-state index contributed by atoms with van der Waals surface area (Å²) in [6.07, 6.45) is 7.76. The number of carbonyl (C=O) groups is 1. The molecule has 0 heterocycles. The largest absolute Gasteiger partial charge is 0.481 e. The third-order valence-electron chi connectivity index (χ3n) is 6.50. The number of carboxylic acid groups (broad SMARTS) is 1. The second-order valence-corrected chi connectivity index (χ2v) is 8.92. The van der Waals surface area contributed by atoms with Gasteiger partial charge in [0, 0.05) is 17.7 Å². The Morgan fingerprint density at radius 2 is 1.78 bits per heavy atom. The van der Waals surface area contributed by atoms with Crippen molar-refractivity contribution in [3.8, 4) is 0 Å². The highest BCUT2D eigenvalue weighted by atomic mass is 35.5. The molecule has 5 heteroatoms. The standard InChI is InChI=1S/C22H31ClO4/c23-18-14-19(24)21(17(18)6-3-1-2-4-7-20(25)26)15-8-10-16(11-9-15)22(27)12-5-13-22/h8-11,17-19,21,24,27H,1-7,12-14H2,(H,25,26)/t17-,18-,19+,21+/m0/s1. The second kappa shape index (κ2) is 8.93. The number of rotatable bonds is 9. The second-order valence-electron chi connectivity index (χ2n) is 8.36. The number of hydrogen-bond donors (Lipinski definition) is 3. The Morgan fingerprint density at radius 1 is 1.11 bits per heavy atom. The summed E-state index contributed by atoms with van der Waals surface area (Å²) in [5, 5.41) is 29.7. The van der Waals surface area contributed by atoms with Gasteiger partial charge < -0.3 is 15.3 Å². The van der Waals surface area contributed by atoms with Gasteiger partial charge in [0.05, 0.1) is 11.7 Å². The first-order chi connectivity index (χ1) is 12.9. The fourth-order valence-electron chi connectivity index (χ4n) is 4.72. The number of unbranched alkanes of at least 4 members (excludes halogenated alkanes) is 3. The van der Waals surface area contributed by atoms with E-state index in [-0.39, 0.29) is 23.6 Å². The molecule has 0 aliphatic heterocycles. The number of alkyl halides is 1. The van der Waals surface area contributed by atoms with Crippen LogP contribution in [-0.4, -0.2) is 32.8 Å². The highest BCUT2D eigenvalue weighted by Gasteiger charge is 2.42. The molecule has 0 aromatic heterocycles. The van der Waals surface area contributed by atoms with Crippen LogP contribution in [0.3, 0.4) is 0 Å². The fraction of sp³-hybridized carbons (Fsp3) is 0.682. The first-order valence-corrected chi connectivity index (χ1v) is 10.7. The van der Waals surface area contributed by atoms with E-state index in [1.807, 2.05) is 24.3 Å². The third-order valence-corrected chi connectivity index (χ3v) is 7.00. The zero-order valence-corrected chi connectivity index (χ0v) is 16.6. The summed E-state index contributed by atoms with van der Waals surface area (Å²) < 4.78 is 0. The molecule has 150 valence electrons. The van der Waals surface area contributed by atoms with Crippen molar-refractivity contribution in [2.75, 3.05) is 0 Å². The van der Waals surface area contributed by atoms with E-state index >= 15 is 0 Å². The highest BCUT2D eigenvalue weighted by Crippen LogP contribution is 2.46. The average Bonchev–Trinajstić information content (AvgIpc) is 2.89. The lowest BCUT2D eigenvalue weighted by atomic mass is 9.74. The molecule has 2 aliphatic carbocycles. The Balaban J connectivity index is 1.57. The van der Waals surface area contributed by atoms with Crippen LogP contribution in [0.4, 0.5) is 0 Å². The van der Waals surface area contributed by atoms with Crippen LogP contribution in [-0.2, 0) is 10.4 Å². The normalized spacial score (nSPS) is 29.4. The summed E-state index contributed by atoms with van der Waals surface area (Å²) in [4.78, 5) is 10.6. The van der Waals surface area contributed by atoms with E-state index in [0.717, 1.165) is 62.5 Å². The molecule has 0 amide bonds. The number of aliphatic hydroxyl groups is 2. The maximum absolute atomic E-state index is 10.6. The van der Waals surface area contributed by atoms with Crippen molar-refractivity contribution >= 4 is 17.6 Å². The van der Waals surface area contributed by atoms with Crippen LogP contribution in [0.25, 0.3) is 0 Å². The Hall–Kier alpha value is -1.10. The maximum Gasteiger partial charge on any atom is 0.303 e. The minimum Gasteiger partial charge on any atom is -0.481 e. The van der Waals surface area contributed by atoms with Gasteiger partial charge in [-0.3, -0.25) is 4.79 Å². The van der Waals surface area contributed by atoms with Gasteiger partial charge in [0.2, 0.25) is 0 Å². The van der Waals surface area contributed by atoms with Gasteiger partial charge in [-0.1, -0.05) is 43.5 Å². The van der Waals surface area contributed by atoms with Crippen LogP contribution in [0, 0.1) is 5.92 Å². The van der Waals surface area contributed by atoms with E-state index in [2.05, 4.69) is 0 Å². The SMILES string of the molecule is O=C(O)CCCCCC[C@@H]1[C@@H](c2ccc(C3(O)CCC3)cc2)[C@H](O)C[C@@H]1Cl. The zero-order chi connectivity index (χ0) is 19.4. The van der Waals surface area contributed by atoms with Crippen LogP contribution < -0.4 is 0 Å². The van der Waals surface area contributed by atoms with Crippen molar-refractivity contribution in [3.05, 3.63) is 35.4 Å². The molecule has 0 spiro atoms. The minimum atomic E-state index is -0.732. The molecule has 2 aliphatic rings. The van der Waals surface area contributed by atoms with Gasteiger partial charge in [0.1, 0.15) is 0 Å². The van der Waals surface area contributed by atoms with Crippen molar-refractivity contribution in [1.29, 1.82) is 0 Å². The van der Waals surface area contributed by atoms with E-state index in [4.69, 9.17) is 16.7 Å². The van der Waals surface area contributed by atoms with Gasteiger partial charge in [-0.25, -0.2) is 0 Å². The summed E-state index contributed by atoms with van der Waals surface area (Å²) in [5.41, 5.74) is 1.42. The molecule has 4 atom stereocenters. The van der Waals surface area contributed by atoms with Crippen LogP contribution >= 0.6 is 11.6 Å². The molecule has 0 unspecified atom stereocenters. The van der Waals surface area contributed by atoms with Crippen LogP contribution in [0.15, 0.2) is 24.3 Å². The topological polar surface area (TPSA) is 77.8 Å². The molecule has 0 saturated heterocycles. The van der Waals surface area contributed by atoms with E-state index in [1.165, 1.54) is 0 Å². The molecular formula is C22H31ClO4. The van der Waals surface area contributed by atoms with Gasteiger partial charge in [0.25, 0.3) is 0 Å². The molecule has 2 saturated carbocycles. The van der Waals surface area contributed by atoms with Gasteiger partial charge in [-0.05, 0) is 55.6 Å². The first-order valence-electron chi connectivity index (χ1n) is 10.3. The molecule has 3 N–H and O–H groups in total. The number of halogens is 1. The lowest BCUT2D eigenvalue weighted by Gasteiger charge is -2.37. The number of aliphatic hydroxyl groups excluding tert-OH is 1. The average molecular weight is 395 g/mol. The Bertz CT molecular complexity index is 626. The molecule has 1 aromatic rings. The molecule has 2 fully saturated rings. The van der Waals surface area contributed by atoms with Crippen molar-refractivity contribution in [1.82, 2.24) is 0 Å². The summed E-state index contributed by atoms with van der Waals surface area (Å²) >= 11 is 6.56. The van der Waals surface area contributed by atoms with E-state index < -0.39 is 17.7 Å². The molecule has 1 aromatic carbocycles. The number of benzene rings is 1. The Labute approximate surface area is 166 Å². The van der Waals surface area contributed by atoms with Gasteiger partial charge in [-0.15, -0.1) is 11.6 Å². The molecular weight excluding hydrogens is 364 g/mol. The number of aliphatic carboxylic acids is 1. The predicted molar refractivity (Wildman–Crippen MR) is 106 cm³/mol. The van der Waals surface area contributed by atoms with Crippen LogP contribution in [0.1, 0.15) is 81.3 Å². The summed E-state index contributed by atoms with van der Waals surface area (Å²) in [5.74, 6) is -0.458. The smallest absolute Gasteiger partial charge is 0.303 e. The van der Waals surface area contributed by atoms with Crippen LogP contribution in [0.5, 0.6) is 0 Å². The molecule has 0 radical (unpaired) electrons. The fourth-order valence-corrected chi connectivity index (χ4v) is 5.18. The van der Waals surface area contributed by atoms with Crippen molar-refractivity contribution in [2.24, 2.45) is 5.92 Å². The quantitative estimate of drug-likeness (QED) is 0.424. The van der Waals surface area contributed by atoms with Crippen molar-refractivity contribution in [2.45, 2.75) is 87.2 Å². The maximum atomic E-state index is 10.6. The van der Waals surface area contributed by atoms with E-state index in [9.17, 15) is 15.0 Å². The lowest BCUT2D eigenvalue weighted by molar-refractivity contribution is -0.137. The number of carboxylic acids is 1. The van der Waals surface area contributed by atoms with E-state index in [1.54, 1.807) is 0 Å². The molecule has 27 heavy (non-hydrogen) atoms. The Morgan fingerprint density at radius 3 is 2.37 bits per heavy atom. The summed E-state index contributed by atoms with van der Waals surface area (Å²) in [6.45, 7) is 0. The minimum absolute atomic E-state index is 0.0282. The molecule has 4 nitrogen and oxygen atoms in total. The van der Waals surface area contributed by atoms with Gasteiger partial charge in [-0.2, -0.15) is 0 Å².